The Hall–Kier alpha value is -3.39. The highest BCUT2D eigenvalue weighted by Crippen LogP contribution is 2.23. The summed E-state index contributed by atoms with van der Waals surface area (Å²) in [6, 6.07) is 16.4. The zero-order valence-corrected chi connectivity index (χ0v) is 14.5. The number of carbonyl (C=O) groups is 2. The van der Waals surface area contributed by atoms with Crippen LogP contribution in [0.25, 0.3) is 11.1 Å². The van der Waals surface area contributed by atoms with Crippen molar-refractivity contribution in [3.63, 3.8) is 0 Å². The van der Waals surface area contributed by atoms with Crippen LogP contribution in [0.4, 0.5) is 0 Å². The molecule has 0 heterocycles. The molecule has 2 aromatic rings. The van der Waals surface area contributed by atoms with Gasteiger partial charge in [-0.15, -0.1) is 0 Å². The Morgan fingerprint density at radius 2 is 1.62 bits per heavy atom. The van der Waals surface area contributed by atoms with E-state index in [-0.39, 0.29) is 19.0 Å². The van der Waals surface area contributed by atoms with E-state index in [0.717, 1.165) is 11.1 Å². The Morgan fingerprint density at radius 3 is 2.15 bits per heavy atom. The minimum atomic E-state index is -0.461. The largest absolute Gasteiger partial charge is 0.462 e. The second kappa shape index (κ2) is 9.19. The van der Waals surface area contributed by atoms with Gasteiger partial charge in [0.2, 0.25) is 0 Å². The predicted molar refractivity (Wildman–Crippen MR) is 97.2 cm³/mol. The van der Waals surface area contributed by atoms with Gasteiger partial charge in [-0.25, -0.2) is 4.79 Å². The lowest BCUT2D eigenvalue weighted by Crippen LogP contribution is -2.11. The lowest BCUT2D eigenvalue weighted by atomic mass is 10.0. The van der Waals surface area contributed by atoms with Gasteiger partial charge in [0, 0.05) is 12.0 Å². The molecule has 0 fully saturated rings. The molecular formula is C21H19NO4. The van der Waals surface area contributed by atoms with Crippen molar-refractivity contribution in [3.05, 3.63) is 66.2 Å². The van der Waals surface area contributed by atoms with Crippen molar-refractivity contribution in [2.75, 3.05) is 6.61 Å². The van der Waals surface area contributed by atoms with Gasteiger partial charge in [0.15, 0.2) is 0 Å². The van der Waals surface area contributed by atoms with Crippen LogP contribution in [0.5, 0.6) is 5.75 Å². The summed E-state index contributed by atoms with van der Waals surface area (Å²) in [4.78, 5) is 23.0. The number of esters is 2. The second-order valence-electron chi connectivity index (χ2n) is 5.71. The van der Waals surface area contributed by atoms with E-state index in [9.17, 15) is 9.59 Å². The van der Waals surface area contributed by atoms with Crippen LogP contribution in [-0.2, 0) is 14.3 Å². The zero-order valence-electron chi connectivity index (χ0n) is 14.5. The van der Waals surface area contributed by atoms with Crippen molar-refractivity contribution < 1.29 is 19.1 Å². The number of carbonyl (C=O) groups excluding carboxylic acids is 2. The standard InChI is InChI=1S/C21H19NO4/c1-15(2)21(24)25-13-3-4-20(23)26-19-11-9-18(10-12-19)17-7-5-16(14-22)6-8-17/h5-12H,1,3-4,13H2,2H3. The Bertz CT molecular complexity index is 830. The van der Waals surface area contributed by atoms with E-state index in [2.05, 4.69) is 12.6 Å². The quantitative estimate of drug-likeness (QED) is 0.326. The third-order valence-corrected chi connectivity index (χ3v) is 3.54. The number of hydrogen-bond donors (Lipinski definition) is 0. The molecule has 5 heteroatoms. The molecule has 0 bridgehead atoms. The van der Waals surface area contributed by atoms with Gasteiger partial charge in [-0.1, -0.05) is 30.8 Å². The Morgan fingerprint density at radius 1 is 1.04 bits per heavy atom. The molecule has 0 N–H and O–H groups in total. The van der Waals surface area contributed by atoms with Crippen molar-refractivity contribution in [2.24, 2.45) is 0 Å². The van der Waals surface area contributed by atoms with Crippen LogP contribution in [0.3, 0.4) is 0 Å². The lowest BCUT2D eigenvalue weighted by molar-refractivity contribution is -0.141. The summed E-state index contributed by atoms with van der Waals surface area (Å²) in [5, 5.41) is 8.82. The number of nitriles is 1. The van der Waals surface area contributed by atoms with E-state index in [0.29, 0.717) is 23.3 Å². The summed E-state index contributed by atoms with van der Waals surface area (Å²) in [6.07, 6.45) is 0.544. The number of ether oxygens (including phenoxy) is 2. The molecule has 0 aromatic heterocycles. The smallest absolute Gasteiger partial charge is 0.333 e. The average molecular weight is 349 g/mol. The molecule has 0 spiro atoms. The zero-order chi connectivity index (χ0) is 18.9. The first-order valence-corrected chi connectivity index (χ1v) is 8.13. The van der Waals surface area contributed by atoms with Gasteiger partial charge in [0.1, 0.15) is 5.75 Å². The van der Waals surface area contributed by atoms with Gasteiger partial charge in [-0.05, 0) is 48.7 Å². The molecule has 0 saturated carbocycles. The molecule has 0 atom stereocenters. The van der Waals surface area contributed by atoms with E-state index in [1.54, 1.807) is 31.2 Å². The van der Waals surface area contributed by atoms with Crippen LogP contribution >= 0.6 is 0 Å². The normalized spacial score (nSPS) is 9.85. The van der Waals surface area contributed by atoms with Crippen LogP contribution in [0.2, 0.25) is 0 Å². The minimum Gasteiger partial charge on any atom is -0.462 e. The number of rotatable bonds is 7. The fourth-order valence-electron chi connectivity index (χ4n) is 2.14. The summed E-state index contributed by atoms with van der Waals surface area (Å²) >= 11 is 0. The maximum absolute atomic E-state index is 11.8. The highest BCUT2D eigenvalue weighted by Gasteiger charge is 2.07. The highest BCUT2D eigenvalue weighted by molar-refractivity contribution is 5.86. The molecule has 26 heavy (non-hydrogen) atoms. The van der Waals surface area contributed by atoms with Gasteiger partial charge in [-0.3, -0.25) is 4.79 Å². The maximum Gasteiger partial charge on any atom is 0.333 e. The van der Waals surface area contributed by atoms with Gasteiger partial charge in [0.25, 0.3) is 0 Å². The summed E-state index contributed by atoms with van der Waals surface area (Å²) in [7, 11) is 0. The molecule has 0 aliphatic rings. The number of nitrogens with zero attached hydrogens (tertiary/aromatic N) is 1. The van der Waals surface area contributed by atoms with Crippen molar-refractivity contribution in [1.29, 1.82) is 5.26 Å². The van der Waals surface area contributed by atoms with Crippen molar-refractivity contribution >= 4 is 11.9 Å². The van der Waals surface area contributed by atoms with E-state index in [1.165, 1.54) is 0 Å². The first-order valence-electron chi connectivity index (χ1n) is 8.13. The summed E-state index contributed by atoms with van der Waals surface area (Å²) < 4.78 is 10.2. The van der Waals surface area contributed by atoms with E-state index in [1.807, 2.05) is 24.3 Å². The fourth-order valence-corrected chi connectivity index (χ4v) is 2.14. The molecule has 0 saturated heterocycles. The molecular weight excluding hydrogens is 330 g/mol. The van der Waals surface area contributed by atoms with Gasteiger partial charge in [-0.2, -0.15) is 5.26 Å². The number of hydrogen-bond acceptors (Lipinski definition) is 5. The Labute approximate surface area is 152 Å². The first kappa shape index (κ1) is 18.9. The molecule has 0 amide bonds. The minimum absolute atomic E-state index is 0.151. The van der Waals surface area contributed by atoms with E-state index >= 15 is 0 Å². The fraction of sp³-hybridized carbons (Fsp3) is 0.190. The molecule has 0 aliphatic heterocycles. The topological polar surface area (TPSA) is 76.4 Å². The molecule has 2 aromatic carbocycles. The predicted octanol–water partition coefficient (Wildman–Crippen LogP) is 4.03. The lowest BCUT2D eigenvalue weighted by Gasteiger charge is -2.07. The highest BCUT2D eigenvalue weighted by atomic mass is 16.5. The molecule has 5 nitrogen and oxygen atoms in total. The van der Waals surface area contributed by atoms with Crippen molar-refractivity contribution in [3.8, 4) is 22.9 Å². The van der Waals surface area contributed by atoms with Crippen LogP contribution in [0, 0.1) is 11.3 Å². The van der Waals surface area contributed by atoms with Gasteiger partial charge < -0.3 is 9.47 Å². The Kier molecular flexibility index (Phi) is 6.69. The monoisotopic (exact) mass is 349 g/mol. The SMILES string of the molecule is C=C(C)C(=O)OCCCC(=O)Oc1ccc(-c2ccc(C#N)cc2)cc1. The van der Waals surface area contributed by atoms with Crippen molar-refractivity contribution in [1.82, 2.24) is 0 Å². The van der Waals surface area contributed by atoms with Crippen LogP contribution in [-0.4, -0.2) is 18.5 Å². The summed E-state index contributed by atoms with van der Waals surface area (Å²) in [6.45, 7) is 5.20. The van der Waals surface area contributed by atoms with E-state index < -0.39 is 5.97 Å². The molecule has 0 radical (unpaired) electrons. The number of benzene rings is 2. The van der Waals surface area contributed by atoms with Gasteiger partial charge in [0.05, 0.1) is 18.2 Å². The molecule has 0 aliphatic carbocycles. The Balaban J connectivity index is 1.82. The van der Waals surface area contributed by atoms with Crippen LogP contribution in [0.1, 0.15) is 25.3 Å². The maximum atomic E-state index is 11.8. The van der Waals surface area contributed by atoms with Crippen molar-refractivity contribution in [2.45, 2.75) is 19.8 Å². The summed E-state index contributed by atoms with van der Waals surface area (Å²) in [5.74, 6) is -0.398. The summed E-state index contributed by atoms with van der Waals surface area (Å²) in [5.41, 5.74) is 2.87. The molecule has 2 rings (SSSR count). The van der Waals surface area contributed by atoms with E-state index in [4.69, 9.17) is 14.7 Å². The molecule has 0 unspecified atom stereocenters. The first-order chi connectivity index (χ1) is 12.5. The molecule has 132 valence electrons. The van der Waals surface area contributed by atoms with Gasteiger partial charge >= 0.3 is 11.9 Å². The third-order valence-electron chi connectivity index (χ3n) is 3.54. The second-order valence-corrected chi connectivity index (χ2v) is 5.71. The third kappa shape index (κ3) is 5.60. The average Bonchev–Trinajstić information content (AvgIpc) is 2.65. The van der Waals surface area contributed by atoms with Crippen LogP contribution in [0.15, 0.2) is 60.7 Å². The van der Waals surface area contributed by atoms with Crippen LogP contribution < -0.4 is 4.74 Å².